The highest BCUT2D eigenvalue weighted by Crippen LogP contribution is 2.24. The summed E-state index contributed by atoms with van der Waals surface area (Å²) in [4.78, 5) is -0.0838. The van der Waals surface area contributed by atoms with E-state index >= 15 is 0 Å². The molecule has 0 fully saturated rings. The van der Waals surface area contributed by atoms with E-state index < -0.39 is 29.2 Å². The Bertz CT molecular complexity index is 561. The minimum atomic E-state index is -4.39. The van der Waals surface area contributed by atoms with Crippen LogP contribution in [-0.2, 0) is 16.6 Å². The van der Waals surface area contributed by atoms with E-state index in [0.29, 0.717) is 11.0 Å². The Morgan fingerprint density at radius 1 is 1.30 bits per heavy atom. The standard InChI is InChI=1S/C11H14BrF3N2O2S/c1-16-7-8-2-3-10(9(12)6-8)20(18,19)17-5-4-11(13,14)15/h2-3,6,16-17H,4-5,7H2,1H3. The van der Waals surface area contributed by atoms with Crippen LogP contribution in [0.3, 0.4) is 0 Å². The van der Waals surface area contributed by atoms with Gasteiger partial charge in [-0.25, -0.2) is 13.1 Å². The predicted molar refractivity (Wildman–Crippen MR) is 72.8 cm³/mol. The van der Waals surface area contributed by atoms with E-state index in [2.05, 4.69) is 21.2 Å². The highest BCUT2D eigenvalue weighted by Gasteiger charge is 2.28. The van der Waals surface area contributed by atoms with Crippen molar-refractivity contribution in [3.63, 3.8) is 0 Å². The van der Waals surface area contributed by atoms with Gasteiger partial charge in [0.2, 0.25) is 10.0 Å². The number of benzene rings is 1. The Kier molecular flexibility index (Phi) is 5.99. The SMILES string of the molecule is CNCc1ccc(S(=O)(=O)NCCC(F)(F)F)c(Br)c1. The number of halogens is 4. The Labute approximate surface area is 123 Å². The quantitative estimate of drug-likeness (QED) is 0.803. The van der Waals surface area contributed by atoms with E-state index in [0.717, 1.165) is 5.56 Å². The Morgan fingerprint density at radius 3 is 2.45 bits per heavy atom. The molecule has 0 radical (unpaired) electrons. The van der Waals surface area contributed by atoms with Gasteiger partial charge in [0, 0.05) is 17.6 Å². The first-order valence-electron chi connectivity index (χ1n) is 5.65. The van der Waals surface area contributed by atoms with Gasteiger partial charge in [-0.2, -0.15) is 13.2 Å². The average Bonchev–Trinajstić information content (AvgIpc) is 2.26. The first-order valence-corrected chi connectivity index (χ1v) is 7.93. The molecular weight excluding hydrogens is 361 g/mol. The van der Waals surface area contributed by atoms with Crippen LogP contribution in [0.15, 0.2) is 27.6 Å². The van der Waals surface area contributed by atoms with Crippen molar-refractivity contribution in [1.29, 1.82) is 0 Å². The summed E-state index contributed by atoms with van der Waals surface area (Å²) in [6.45, 7) is -0.128. The molecule has 0 bridgehead atoms. The third-order valence-corrected chi connectivity index (χ3v) is 4.80. The summed E-state index contributed by atoms with van der Waals surface area (Å²) >= 11 is 3.12. The summed E-state index contributed by atoms with van der Waals surface area (Å²) in [5.41, 5.74) is 0.855. The van der Waals surface area contributed by atoms with Crippen LogP contribution in [0, 0.1) is 0 Å². The lowest BCUT2D eigenvalue weighted by molar-refractivity contribution is -0.132. The molecule has 1 aromatic carbocycles. The zero-order chi connectivity index (χ0) is 15.4. The highest BCUT2D eigenvalue weighted by atomic mass is 79.9. The summed E-state index contributed by atoms with van der Waals surface area (Å²) in [7, 11) is -2.22. The fourth-order valence-corrected chi connectivity index (χ4v) is 3.64. The number of sulfonamides is 1. The molecule has 20 heavy (non-hydrogen) atoms. The van der Waals surface area contributed by atoms with E-state index in [1.54, 1.807) is 19.2 Å². The topological polar surface area (TPSA) is 58.2 Å². The average molecular weight is 375 g/mol. The molecule has 9 heteroatoms. The summed E-state index contributed by atoms with van der Waals surface area (Å²) < 4.78 is 62.0. The molecule has 0 aliphatic heterocycles. The lowest BCUT2D eigenvalue weighted by atomic mass is 10.2. The van der Waals surface area contributed by atoms with Crippen LogP contribution in [0.1, 0.15) is 12.0 Å². The third-order valence-electron chi connectivity index (χ3n) is 2.37. The van der Waals surface area contributed by atoms with Crippen molar-refractivity contribution in [3.05, 3.63) is 28.2 Å². The predicted octanol–water partition coefficient (Wildman–Crippen LogP) is 2.40. The fourth-order valence-electron chi connectivity index (χ4n) is 1.48. The van der Waals surface area contributed by atoms with Crippen LogP contribution in [0.2, 0.25) is 0 Å². The molecule has 0 spiro atoms. The monoisotopic (exact) mass is 374 g/mol. The smallest absolute Gasteiger partial charge is 0.316 e. The van der Waals surface area contributed by atoms with Gasteiger partial charge in [0.05, 0.1) is 11.3 Å². The van der Waals surface area contributed by atoms with Crippen molar-refractivity contribution in [2.45, 2.75) is 24.0 Å². The van der Waals surface area contributed by atoms with Gasteiger partial charge in [0.15, 0.2) is 0 Å². The molecule has 0 saturated carbocycles. The maximum Gasteiger partial charge on any atom is 0.390 e. The van der Waals surface area contributed by atoms with Gasteiger partial charge < -0.3 is 5.32 Å². The third kappa shape index (κ3) is 5.39. The maximum atomic E-state index is 12.0. The van der Waals surface area contributed by atoms with Crippen LogP contribution >= 0.6 is 15.9 Å². The van der Waals surface area contributed by atoms with Crippen molar-refractivity contribution in [2.24, 2.45) is 0 Å². The van der Waals surface area contributed by atoms with Crippen LogP contribution in [0.4, 0.5) is 13.2 Å². The van der Waals surface area contributed by atoms with E-state index in [-0.39, 0.29) is 4.90 Å². The normalized spacial score (nSPS) is 12.7. The van der Waals surface area contributed by atoms with Gasteiger partial charge in [-0.1, -0.05) is 6.07 Å². The van der Waals surface area contributed by atoms with Gasteiger partial charge in [-0.05, 0) is 40.7 Å². The summed E-state index contributed by atoms with van der Waals surface area (Å²) in [5, 5.41) is 2.91. The summed E-state index contributed by atoms with van der Waals surface area (Å²) in [5.74, 6) is 0. The minimum Gasteiger partial charge on any atom is -0.316 e. The molecule has 4 nitrogen and oxygen atoms in total. The first-order chi connectivity index (χ1) is 9.15. The van der Waals surface area contributed by atoms with Gasteiger partial charge in [0.1, 0.15) is 0 Å². The fraction of sp³-hybridized carbons (Fsp3) is 0.455. The molecule has 1 rings (SSSR count). The molecule has 0 heterocycles. The largest absolute Gasteiger partial charge is 0.390 e. The van der Waals surface area contributed by atoms with Crippen LogP contribution in [0.25, 0.3) is 0 Å². The van der Waals surface area contributed by atoms with Gasteiger partial charge in [-0.15, -0.1) is 0 Å². The molecule has 0 aliphatic rings. The zero-order valence-electron chi connectivity index (χ0n) is 10.6. The molecule has 114 valence electrons. The summed E-state index contributed by atoms with van der Waals surface area (Å²) in [6, 6.07) is 4.56. The van der Waals surface area contributed by atoms with E-state index in [9.17, 15) is 21.6 Å². The zero-order valence-corrected chi connectivity index (χ0v) is 13.0. The first kappa shape index (κ1) is 17.4. The van der Waals surface area contributed by atoms with Crippen LogP contribution in [0.5, 0.6) is 0 Å². The maximum absolute atomic E-state index is 12.0. The molecule has 0 saturated heterocycles. The van der Waals surface area contributed by atoms with Crippen LogP contribution in [-0.4, -0.2) is 28.2 Å². The molecule has 1 aromatic rings. The number of alkyl halides is 3. The Balaban J connectivity index is 2.82. The Morgan fingerprint density at radius 2 is 1.95 bits per heavy atom. The van der Waals surface area contributed by atoms with Crippen LogP contribution < -0.4 is 10.0 Å². The molecule has 0 aliphatic carbocycles. The number of hydrogen-bond donors (Lipinski definition) is 2. The number of rotatable bonds is 6. The second-order valence-electron chi connectivity index (χ2n) is 4.06. The number of hydrogen-bond acceptors (Lipinski definition) is 3. The molecule has 0 aromatic heterocycles. The second kappa shape index (κ2) is 6.88. The Hall–Kier alpha value is -0.640. The molecule has 0 unspecified atom stereocenters. The van der Waals surface area contributed by atoms with Crippen molar-refractivity contribution >= 4 is 26.0 Å². The van der Waals surface area contributed by atoms with Crippen molar-refractivity contribution in [1.82, 2.24) is 10.0 Å². The lowest BCUT2D eigenvalue weighted by Crippen LogP contribution is -2.28. The van der Waals surface area contributed by atoms with Crippen molar-refractivity contribution in [2.75, 3.05) is 13.6 Å². The summed E-state index contributed by atoms with van der Waals surface area (Å²) in [6.07, 6.45) is -5.60. The van der Waals surface area contributed by atoms with E-state index in [1.807, 2.05) is 4.72 Å². The van der Waals surface area contributed by atoms with Gasteiger partial charge >= 0.3 is 6.18 Å². The minimum absolute atomic E-state index is 0.0838. The van der Waals surface area contributed by atoms with E-state index in [4.69, 9.17) is 0 Å². The molecule has 0 atom stereocenters. The van der Waals surface area contributed by atoms with Gasteiger partial charge in [0.25, 0.3) is 0 Å². The van der Waals surface area contributed by atoms with E-state index in [1.165, 1.54) is 6.07 Å². The molecule has 2 N–H and O–H groups in total. The van der Waals surface area contributed by atoms with Gasteiger partial charge in [-0.3, -0.25) is 0 Å². The number of nitrogens with one attached hydrogen (secondary N) is 2. The highest BCUT2D eigenvalue weighted by molar-refractivity contribution is 9.10. The van der Waals surface area contributed by atoms with Crippen molar-refractivity contribution in [3.8, 4) is 0 Å². The molecular formula is C11H14BrF3N2O2S. The van der Waals surface area contributed by atoms with Crippen molar-refractivity contribution < 1.29 is 21.6 Å². The second-order valence-corrected chi connectivity index (χ2v) is 6.65. The lowest BCUT2D eigenvalue weighted by Gasteiger charge is -2.11. The molecule has 0 amide bonds.